The van der Waals surface area contributed by atoms with Crippen LogP contribution >= 0.6 is 0 Å². The Morgan fingerprint density at radius 3 is 2.39 bits per heavy atom. The number of nitrogens with one attached hydrogen (secondary N) is 3. The van der Waals surface area contributed by atoms with Crippen LogP contribution in [0.4, 0.5) is 4.39 Å². The molecule has 1 heterocycles. The number of benzene rings is 1. The standard InChI is InChI=1S/C20H21FN4O3/c1-19(27,14-21)20(2,18(26)25-28)22-11-16-9-7-15(8-10-16)5-3-4-6-17-12-23-24-13-17/h7-10,12-13,22,27-28H,11,14H2,1-2H3,(H,23,24)(H,25,26)/t19-,20?/m1/s1. The summed E-state index contributed by atoms with van der Waals surface area (Å²) in [5.41, 5.74) is -0.0168. The number of carbonyl (C=O) groups is 1. The van der Waals surface area contributed by atoms with Gasteiger partial charge in [-0.05, 0) is 49.3 Å². The van der Waals surface area contributed by atoms with E-state index in [0.29, 0.717) is 0 Å². The molecule has 2 atom stereocenters. The third kappa shape index (κ3) is 4.96. The summed E-state index contributed by atoms with van der Waals surface area (Å²) in [5.74, 6) is 10.3. The minimum Gasteiger partial charge on any atom is -0.385 e. The van der Waals surface area contributed by atoms with Crippen molar-refractivity contribution < 1.29 is 19.5 Å². The summed E-state index contributed by atoms with van der Waals surface area (Å²) in [5, 5.41) is 28.4. The van der Waals surface area contributed by atoms with E-state index in [4.69, 9.17) is 5.21 Å². The lowest BCUT2D eigenvalue weighted by molar-refractivity contribution is -0.148. The van der Waals surface area contributed by atoms with Crippen molar-refractivity contribution in [3.63, 3.8) is 0 Å². The number of aromatic nitrogens is 2. The van der Waals surface area contributed by atoms with Crippen molar-refractivity contribution in [2.45, 2.75) is 31.5 Å². The van der Waals surface area contributed by atoms with Crippen LogP contribution in [0.1, 0.15) is 30.5 Å². The molecule has 0 radical (unpaired) electrons. The topological polar surface area (TPSA) is 110 Å². The molecular weight excluding hydrogens is 363 g/mol. The van der Waals surface area contributed by atoms with Crippen LogP contribution in [0.25, 0.3) is 0 Å². The summed E-state index contributed by atoms with van der Waals surface area (Å²) in [4.78, 5) is 12.0. The molecule has 1 amide bonds. The predicted octanol–water partition coefficient (Wildman–Crippen LogP) is 0.887. The average Bonchev–Trinajstić information content (AvgIpc) is 3.23. The van der Waals surface area contributed by atoms with Gasteiger partial charge in [0.1, 0.15) is 17.8 Å². The zero-order valence-electron chi connectivity index (χ0n) is 15.5. The van der Waals surface area contributed by atoms with E-state index in [1.807, 2.05) is 0 Å². The van der Waals surface area contributed by atoms with E-state index in [-0.39, 0.29) is 6.54 Å². The summed E-state index contributed by atoms with van der Waals surface area (Å²) in [7, 11) is 0. The highest BCUT2D eigenvalue weighted by Gasteiger charge is 2.49. The molecule has 5 N–H and O–H groups in total. The van der Waals surface area contributed by atoms with Crippen LogP contribution in [0.5, 0.6) is 0 Å². The van der Waals surface area contributed by atoms with E-state index in [1.54, 1.807) is 36.7 Å². The molecular formula is C20H21FN4O3. The highest BCUT2D eigenvalue weighted by atomic mass is 19.1. The van der Waals surface area contributed by atoms with Gasteiger partial charge in [0.05, 0.1) is 11.8 Å². The summed E-state index contributed by atoms with van der Waals surface area (Å²) in [6, 6.07) is 7.12. The second kappa shape index (κ2) is 9.16. The highest BCUT2D eigenvalue weighted by Crippen LogP contribution is 2.24. The first-order valence-electron chi connectivity index (χ1n) is 8.40. The van der Waals surface area contributed by atoms with Gasteiger partial charge in [0.2, 0.25) is 0 Å². The highest BCUT2D eigenvalue weighted by molar-refractivity contribution is 5.86. The van der Waals surface area contributed by atoms with Crippen molar-refractivity contribution in [2.24, 2.45) is 0 Å². The Hall–Kier alpha value is -3.17. The Morgan fingerprint density at radius 2 is 1.86 bits per heavy atom. The van der Waals surface area contributed by atoms with Gasteiger partial charge >= 0.3 is 0 Å². The van der Waals surface area contributed by atoms with Crippen LogP contribution in [-0.4, -0.2) is 44.2 Å². The Kier molecular flexibility index (Phi) is 6.91. The molecule has 0 saturated carbocycles. The summed E-state index contributed by atoms with van der Waals surface area (Å²) < 4.78 is 13.2. The van der Waals surface area contributed by atoms with Gasteiger partial charge in [-0.15, -0.1) is 0 Å². The van der Waals surface area contributed by atoms with Crippen LogP contribution in [0.3, 0.4) is 0 Å². The number of hydrogen-bond donors (Lipinski definition) is 5. The largest absolute Gasteiger partial charge is 0.385 e. The van der Waals surface area contributed by atoms with Crippen LogP contribution in [-0.2, 0) is 11.3 Å². The Morgan fingerprint density at radius 1 is 1.21 bits per heavy atom. The number of rotatable bonds is 6. The van der Waals surface area contributed by atoms with Gasteiger partial charge in [-0.3, -0.25) is 20.4 Å². The summed E-state index contributed by atoms with van der Waals surface area (Å²) in [6.07, 6.45) is 3.27. The molecule has 0 aliphatic rings. The van der Waals surface area contributed by atoms with E-state index in [9.17, 15) is 14.3 Å². The van der Waals surface area contributed by atoms with Crippen LogP contribution in [0, 0.1) is 23.7 Å². The van der Waals surface area contributed by atoms with E-state index in [0.717, 1.165) is 16.7 Å². The molecule has 8 heteroatoms. The first-order chi connectivity index (χ1) is 13.3. The SMILES string of the molecule is CC(NCc1ccc(C#CC#Cc2cn[nH]c2)cc1)(C(=O)NO)[C@](C)(O)CF. The Labute approximate surface area is 162 Å². The first kappa shape index (κ1) is 21.1. The fourth-order valence-corrected chi connectivity index (χ4v) is 2.27. The van der Waals surface area contributed by atoms with E-state index >= 15 is 0 Å². The minimum atomic E-state index is -2.01. The van der Waals surface area contributed by atoms with Gasteiger partial charge in [0.15, 0.2) is 0 Å². The molecule has 7 nitrogen and oxygen atoms in total. The summed E-state index contributed by atoms with van der Waals surface area (Å²) >= 11 is 0. The van der Waals surface area contributed by atoms with Crippen LogP contribution in [0.15, 0.2) is 36.7 Å². The Bertz CT molecular complexity index is 918. The number of amides is 1. The van der Waals surface area contributed by atoms with Crippen molar-refractivity contribution in [2.75, 3.05) is 6.67 Å². The molecule has 146 valence electrons. The van der Waals surface area contributed by atoms with Gasteiger partial charge < -0.3 is 5.11 Å². The van der Waals surface area contributed by atoms with E-state index < -0.39 is 23.7 Å². The minimum absolute atomic E-state index is 0.161. The second-order valence-corrected chi connectivity index (χ2v) is 6.51. The molecule has 1 unspecified atom stereocenters. The molecule has 1 aromatic heterocycles. The third-order valence-corrected chi connectivity index (χ3v) is 4.47. The number of hydrogen-bond acceptors (Lipinski definition) is 5. The molecule has 1 aromatic carbocycles. The number of carbonyl (C=O) groups excluding carboxylic acids is 1. The number of H-pyrrole nitrogens is 1. The van der Waals surface area contributed by atoms with Gasteiger partial charge in [-0.25, -0.2) is 9.87 Å². The third-order valence-electron chi connectivity index (χ3n) is 4.47. The number of hydroxylamine groups is 1. The molecule has 0 fully saturated rings. The molecule has 0 spiro atoms. The Balaban J connectivity index is 2.04. The van der Waals surface area contributed by atoms with Crippen LogP contribution in [0.2, 0.25) is 0 Å². The number of aliphatic hydroxyl groups is 1. The molecule has 2 rings (SSSR count). The van der Waals surface area contributed by atoms with E-state index in [2.05, 4.69) is 39.2 Å². The lowest BCUT2D eigenvalue weighted by atomic mass is 9.82. The van der Waals surface area contributed by atoms with Gasteiger partial charge in [-0.1, -0.05) is 18.1 Å². The van der Waals surface area contributed by atoms with Gasteiger partial charge in [-0.2, -0.15) is 5.10 Å². The zero-order valence-corrected chi connectivity index (χ0v) is 15.5. The normalized spacial score (nSPS) is 14.5. The maximum atomic E-state index is 13.2. The van der Waals surface area contributed by atoms with Crippen molar-refractivity contribution in [3.8, 4) is 23.7 Å². The molecule has 2 aromatic rings. The molecule has 0 aliphatic heterocycles. The van der Waals surface area contributed by atoms with Gasteiger partial charge in [0, 0.05) is 18.3 Å². The van der Waals surface area contributed by atoms with Gasteiger partial charge in [0.25, 0.3) is 5.91 Å². The number of nitrogens with zero attached hydrogens (tertiary/aromatic N) is 1. The maximum absolute atomic E-state index is 13.2. The lowest BCUT2D eigenvalue weighted by Crippen LogP contribution is -2.68. The average molecular weight is 384 g/mol. The van der Waals surface area contributed by atoms with E-state index in [1.165, 1.54) is 19.3 Å². The second-order valence-electron chi connectivity index (χ2n) is 6.51. The lowest BCUT2D eigenvalue weighted by Gasteiger charge is -2.39. The fourth-order valence-electron chi connectivity index (χ4n) is 2.27. The molecule has 0 bridgehead atoms. The van der Waals surface area contributed by atoms with Crippen molar-refractivity contribution in [3.05, 3.63) is 53.3 Å². The van der Waals surface area contributed by atoms with Crippen molar-refractivity contribution >= 4 is 5.91 Å². The number of alkyl halides is 1. The smallest absolute Gasteiger partial charge is 0.266 e. The molecule has 0 saturated heterocycles. The zero-order chi connectivity index (χ0) is 20.6. The monoisotopic (exact) mass is 384 g/mol. The van der Waals surface area contributed by atoms with Crippen molar-refractivity contribution in [1.29, 1.82) is 0 Å². The maximum Gasteiger partial charge on any atom is 0.266 e. The first-order valence-corrected chi connectivity index (χ1v) is 8.40. The molecule has 0 aliphatic carbocycles. The predicted molar refractivity (Wildman–Crippen MR) is 101 cm³/mol. The molecule has 28 heavy (non-hydrogen) atoms. The summed E-state index contributed by atoms with van der Waals surface area (Å²) in [6.45, 7) is 1.49. The van der Waals surface area contributed by atoms with Crippen LogP contribution < -0.4 is 10.8 Å². The number of aromatic amines is 1. The number of halogens is 1. The quantitative estimate of drug-likeness (QED) is 0.289. The fraction of sp³-hybridized carbons (Fsp3) is 0.300. The van der Waals surface area contributed by atoms with Crippen molar-refractivity contribution in [1.82, 2.24) is 21.0 Å².